The van der Waals surface area contributed by atoms with Crippen molar-refractivity contribution in [2.24, 2.45) is 11.7 Å². The molecule has 0 bridgehead atoms. The second-order valence-corrected chi connectivity index (χ2v) is 4.36. The predicted molar refractivity (Wildman–Crippen MR) is 62.5 cm³/mol. The van der Waals surface area contributed by atoms with E-state index in [4.69, 9.17) is 10.5 Å². The highest BCUT2D eigenvalue weighted by molar-refractivity contribution is 5.80. The van der Waals surface area contributed by atoms with Crippen molar-refractivity contribution in [2.75, 3.05) is 6.61 Å². The Morgan fingerprint density at radius 3 is 2.27 bits per heavy atom. The zero-order chi connectivity index (χ0) is 11.9. The summed E-state index contributed by atoms with van der Waals surface area (Å²) in [5, 5.41) is 0. The summed E-state index contributed by atoms with van der Waals surface area (Å²) in [4.78, 5) is 11.7. The van der Waals surface area contributed by atoms with Gasteiger partial charge in [0.15, 0.2) is 0 Å². The lowest BCUT2D eigenvalue weighted by Crippen LogP contribution is -2.48. The highest BCUT2D eigenvalue weighted by Crippen LogP contribution is 2.14. The summed E-state index contributed by atoms with van der Waals surface area (Å²) in [6, 6.07) is 0. The van der Waals surface area contributed by atoms with Gasteiger partial charge >= 0.3 is 5.97 Å². The van der Waals surface area contributed by atoms with Crippen molar-refractivity contribution >= 4 is 5.97 Å². The fourth-order valence-electron chi connectivity index (χ4n) is 1.48. The van der Waals surface area contributed by atoms with Gasteiger partial charge in [0.2, 0.25) is 0 Å². The lowest BCUT2D eigenvalue weighted by atomic mass is 9.94. The molecule has 0 aliphatic rings. The quantitative estimate of drug-likeness (QED) is 0.664. The third-order valence-electron chi connectivity index (χ3n) is 2.95. The van der Waals surface area contributed by atoms with Crippen LogP contribution >= 0.6 is 0 Å². The van der Waals surface area contributed by atoms with Crippen LogP contribution in [0.25, 0.3) is 0 Å². The Hall–Kier alpha value is -0.570. The molecule has 0 saturated heterocycles. The molecule has 3 heteroatoms. The molecule has 1 unspecified atom stereocenters. The third kappa shape index (κ3) is 4.65. The molecule has 90 valence electrons. The van der Waals surface area contributed by atoms with E-state index in [0.29, 0.717) is 25.4 Å². The largest absolute Gasteiger partial charge is 0.464 e. The molecule has 0 saturated carbocycles. The summed E-state index contributed by atoms with van der Waals surface area (Å²) in [6.07, 6.45) is 3.46. The molecule has 15 heavy (non-hydrogen) atoms. The van der Waals surface area contributed by atoms with Crippen LogP contribution in [0.1, 0.15) is 53.4 Å². The fourth-order valence-corrected chi connectivity index (χ4v) is 1.48. The van der Waals surface area contributed by atoms with E-state index in [9.17, 15) is 4.79 Å². The smallest absolute Gasteiger partial charge is 0.326 e. The summed E-state index contributed by atoms with van der Waals surface area (Å²) in [6.45, 7) is 8.54. The molecule has 0 aromatic heterocycles. The van der Waals surface area contributed by atoms with Crippen molar-refractivity contribution in [3.63, 3.8) is 0 Å². The van der Waals surface area contributed by atoms with E-state index in [1.165, 1.54) is 0 Å². The second kappa shape index (κ2) is 6.83. The van der Waals surface area contributed by atoms with Crippen LogP contribution in [0.15, 0.2) is 0 Å². The maximum absolute atomic E-state index is 11.7. The SMILES string of the molecule is CCCC(C)COC(=O)C(N)(CC)CC. The lowest BCUT2D eigenvalue weighted by molar-refractivity contribution is -0.151. The molecule has 0 aromatic carbocycles. The predicted octanol–water partition coefficient (Wildman–Crippen LogP) is 2.48. The zero-order valence-corrected chi connectivity index (χ0v) is 10.5. The van der Waals surface area contributed by atoms with Crippen LogP contribution in [-0.4, -0.2) is 18.1 Å². The van der Waals surface area contributed by atoms with Crippen molar-refractivity contribution in [1.82, 2.24) is 0 Å². The molecule has 0 aromatic rings. The van der Waals surface area contributed by atoms with Gasteiger partial charge in [0.1, 0.15) is 5.54 Å². The first-order valence-corrected chi connectivity index (χ1v) is 5.96. The first-order valence-electron chi connectivity index (χ1n) is 5.96. The van der Waals surface area contributed by atoms with Gasteiger partial charge in [0.25, 0.3) is 0 Å². The Kier molecular flexibility index (Phi) is 6.57. The molecule has 0 amide bonds. The zero-order valence-electron chi connectivity index (χ0n) is 10.5. The van der Waals surface area contributed by atoms with E-state index in [0.717, 1.165) is 12.8 Å². The van der Waals surface area contributed by atoms with Gasteiger partial charge in [-0.05, 0) is 25.2 Å². The van der Waals surface area contributed by atoms with Gasteiger partial charge in [-0.15, -0.1) is 0 Å². The minimum Gasteiger partial charge on any atom is -0.464 e. The van der Waals surface area contributed by atoms with E-state index in [-0.39, 0.29) is 5.97 Å². The van der Waals surface area contributed by atoms with Crippen molar-refractivity contribution in [3.05, 3.63) is 0 Å². The average molecular weight is 215 g/mol. The molecule has 0 rings (SSSR count). The summed E-state index contributed by atoms with van der Waals surface area (Å²) in [7, 11) is 0. The monoisotopic (exact) mass is 215 g/mol. The van der Waals surface area contributed by atoms with Crippen molar-refractivity contribution in [1.29, 1.82) is 0 Å². The fraction of sp³-hybridized carbons (Fsp3) is 0.917. The molecule has 0 spiro atoms. The summed E-state index contributed by atoms with van der Waals surface area (Å²) in [5.74, 6) is 0.173. The van der Waals surface area contributed by atoms with Crippen LogP contribution in [0.3, 0.4) is 0 Å². The van der Waals surface area contributed by atoms with Gasteiger partial charge in [0, 0.05) is 0 Å². The Labute approximate surface area is 93.4 Å². The average Bonchev–Trinajstić information content (AvgIpc) is 2.25. The maximum Gasteiger partial charge on any atom is 0.326 e. The first kappa shape index (κ1) is 14.4. The Morgan fingerprint density at radius 1 is 1.33 bits per heavy atom. The topological polar surface area (TPSA) is 52.3 Å². The minimum absolute atomic E-state index is 0.254. The highest BCUT2D eigenvalue weighted by Gasteiger charge is 2.31. The highest BCUT2D eigenvalue weighted by atomic mass is 16.5. The number of carbonyl (C=O) groups is 1. The van der Waals surface area contributed by atoms with E-state index >= 15 is 0 Å². The van der Waals surface area contributed by atoms with Crippen molar-refractivity contribution < 1.29 is 9.53 Å². The summed E-state index contributed by atoms with van der Waals surface area (Å²) < 4.78 is 5.24. The van der Waals surface area contributed by atoms with Gasteiger partial charge < -0.3 is 10.5 Å². The van der Waals surface area contributed by atoms with Crippen molar-refractivity contribution in [2.45, 2.75) is 58.9 Å². The van der Waals surface area contributed by atoms with Crippen LogP contribution in [0.2, 0.25) is 0 Å². The van der Waals surface area contributed by atoms with E-state index < -0.39 is 5.54 Å². The number of nitrogens with two attached hydrogens (primary N) is 1. The second-order valence-electron chi connectivity index (χ2n) is 4.36. The van der Waals surface area contributed by atoms with Crippen LogP contribution in [0, 0.1) is 5.92 Å². The summed E-state index contributed by atoms with van der Waals surface area (Å²) >= 11 is 0. The molecular formula is C12H25NO2. The summed E-state index contributed by atoms with van der Waals surface area (Å²) in [5.41, 5.74) is 5.14. The third-order valence-corrected chi connectivity index (χ3v) is 2.95. The van der Waals surface area contributed by atoms with E-state index in [2.05, 4.69) is 13.8 Å². The van der Waals surface area contributed by atoms with Crippen LogP contribution in [0.5, 0.6) is 0 Å². The van der Waals surface area contributed by atoms with E-state index in [1.807, 2.05) is 13.8 Å². The van der Waals surface area contributed by atoms with Crippen LogP contribution in [-0.2, 0) is 9.53 Å². The number of ether oxygens (including phenoxy) is 1. The Morgan fingerprint density at radius 2 is 1.87 bits per heavy atom. The molecule has 0 aliphatic carbocycles. The van der Waals surface area contributed by atoms with Gasteiger partial charge in [-0.2, -0.15) is 0 Å². The van der Waals surface area contributed by atoms with Gasteiger partial charge in [0.05, 0.1) is 6.61 Å². The number of rotatable bonds is 7. The number of hydrogen-bond donors (Lipinski definition) is 1. The van der Waals surface area contributed by atoms with Crippen molar-refractivity contribution in [3.8, 4) is 0 Å². The lowest BCUT2D eigenvalue weighted by Gasteiger charge is -2.24. The molecule has 2 N–H and O–H groups in total. The maximum atomic E-state index is 11.7. The van der Waals surface area contributed by atoms with Gasteiger partial charge in [-0.1, -0.05) is 34.1 Å². The molecule has 0 radical (unpaired) electrons. The minimum atomic E-state index is -0.786. The molecule has 3 nitrogen and oxygen atoms in total. The molecule has 0 heterocycles. The first-order chi connectivity index (χ1) is 7.00. The molecule has 0 fully saturated rings. The molecular weight excluding hydrogens is 190 g/mol. The van der Waals surface area contributed by atoms with Gasteiger partial charge in [-0.25, -0.2) is 0 Å². The Balaban J connectivity index is 4.02. The van der Waals surface area contributed by atoms with Crippen LogP contribution in [0.4, 0.5) is 0 Å². The number of carbonyl (C=O) groups excluding carboxylic acids is 1. The number of hydrogen-bond acceptors (Lipinski definition) is 3. The normalized spacial score (nSPS) is 13.7. The standard InChI is InChI=1S/C12H25NO2/c1-5-8-10(4)9-15-11(14)12(13,6-2)7-3/h10H,5-9,13H2,1-4H3. The Bertz CT molecular complexity index is 188. The van der Waals surface area contributed by atoms with E-state index in [1.54, 1.807) is 0 Å². The number of esters is 1. The molecule has 0 aliphatic heterocycles. The van der Waals surface area contributed by atoms with Crippen LogP contribution < -0.4 is 5.73 Å². The molecule has 1 atom stereocenters. The van der Waals surface area contributed by atoms with Gasteiger partial charge in [-0.3, -0.25) is 4.79 Å².